The highest BCUT2D eigenvalue weighted by Crippen LogP contribution is 2.28. The summed E-state index contributed by atoms with van der Waals surface area (Å²) < 4.78 is 41.6. The van der Waals surface area contributed by atoms with Crippen LogP contribution in [0, 0.1) is 5.82 Å². The summed E-state index contributed by atoms with van der Waals surface area (Å²) in [5.74, 6) is 0.551. The van der Waals surface area contributed by atoms with Crippen molar-refractivity contribution in [1.29, 1.82) is 0 Å². The van der Waals surface area contributed by atoms with Crippen molar-refractivity contribution < 1.29 is 17.7 Å². The average Bonchev–Trinajstić information content (AvgIpc) is 3.50. The van der Waals surface area contributed by atoms with E-state index in [0.29, 0.717) is 29.2 Å². The maximum Gasteiger partial charge on any atom is 0.243 e. The van der Waals surface area contributed by atoms with Crippen LogP contribution >= 0.6 is 0 Å². The van der Waals surface area contributed by atoms with Crippen LogP contribution in [0.15, 0.2) is 102 Å². The van der Waals surface area contributed by atoms with E-state index in [-0.39, 0.29) is 16.8 Å². The summed E-state index contributed by atoms with van der Waals surface area (Å²) in [6, 6.07) is 14.5. The number of aromatic nitrogens is 2. The Morgan fingerprint density at radius 2 is 1.74 bits per heavy atom. The molecule has 0 amide bonds. The Morgan fingerprint density at radius 1 is 1.02 bits per heavy atom. The normalized spacial score (nSPS) is 19.8. The van der Waals surface area contributed by atoms with Crippen LogP contribution in [-0.2, 0) is 15.0 Å². The summed E-state index contributed by atoms with van der Waals surface area (Å²) in [7, 11) is -1.99. The smallest absolute Gasteiger partial charge is 0.243 e. The lowest BCUT2D eigenvalue weighted by atomic mass is 9.91. The van der Waals surface area contributed by atoms with Gasteiger partial charge < -0.3 is 16.0 Å². The van der Waals surface area contributed by atoms with Crippen molar-refractivity contribution in [2.75, 3.05) is 24.2 Å². The molecular weight excluding hydrogens is 571 g/mol. The predicted molar refractivity (Wildman–Crippen MR) is 162 cm³/mol. The molecule has 224 valence electrons. The van der Waals surface area contributed by atoms with Crippen molar-refractivity contribution in [2.45, 2.75) is 42.7 Å². The van der Waals surface area contributed by atoms with E-state index in [1.54, 1.807) is 67.0 Å². The number of allylic oxidation sites excluding steroid dienone is 1. The molecule has 1 saturated carbocycles. The Morgan fingerprint density at radius 3 is 2.51 bits per heavy atom. The highest BCUT2D eigenvalue weighted by atomic mass is 32.2. The zero-order chi connectivity index (χ0) is 29.8. The molecule has 6 rings (SSSR count). The number of rotatable bonds is 10. The fourth-order valence-electron chi connectivity index (χ4n) is 5.27. The monoisotopic (exact) mass is 604 g/mol. The van der Waals surface area contributed by atoms with E-state index in [9.17, 15) is 12.8 Å². The van der Waals surface area contributed by atoms with Crippen LogP contribution < -0.4 is 21.4 Å². The molecule has 0 spiro atoms. The summed E-state index contributed by atoms with van der Waals surface area (Å²) >= 11 is 0. The third-order valence-electron chi connectivity index (χ3n) is 7.74. The van der Waals surface area contributed by atoms with Gasteiger partial charge in [0.25, 0.3) is 0 Å². The second kappa shape index (κ2) is 12.5. The summed E-state index contributed by atoms with van der Waals surface area (Å²) in [5.41, 5.74) is 6.19. The first-order valence-electron chi connectivity index (χ1n) is 14.1. The number of benzene rings is 2. The molecule has 0 atom stereocenters. The van der Waals surface area contributed by atoms with Gasteiger partial charge in [-0.15, -0.1) is 0 Å². The molecule has 2 aliphatic heterocycles. The summed E-state index contributed by atoms with van der Waals surface area (Å²) in [6.45, 7) is 0.742. The van der Waals surface area contributed by atoms with Crippen molar-refractivity contribution in [3.05, 3.63) is 102 Å². The average molecular weight is 605 g/mol. The number of halogens is 1. The van der Waals surface area contributed by atoms with E-state index in [1.807, 2.05) is 12.3 Å². The van der Waals surface area contributed by atoms with Gasteiger partial charge in [0.1, 0.15) is 11.6 Å². The Bertz CT molecular complexity index is 1640. The van der Waals surface area contributed by atoms with E-state index in [2.05, 4.69) is 37.5 Å². The third-order valence-corrected chi connectivity index (χ3v) is 9.66. The Kier molecular flexibility index (Phi) is 8.38. The predicted octanol–water partition coefficient (Wildman–Crippen LogP) is 4.67. The minimum atomic E-state index is -3.66. The van der Waals surface area contributed by atoms with Gasteiger partial charge in [0.05, 0.1) is 16.8 Å². The summed E-state index contributed by atoms with van der Waals surface area (Å²) in [5, 5.41) is 11.5. The second-order valence-electron chi connectivity index (χ2n) is 10.6. The lowest BCUT2D eigenvalue weighted by Gasteiger charge is -2.34. The van der Waals surface area contributed by atoms with E-state index in [1.165, 1.54) is 16.4 Å². The minimum Gasteiger partial charge on any atom is -0.340 e. The van der Waals surface area contributed by atoms with Gasteiger partial charge >= 0.3 is 0 Å². The summed E-state index contributed by atoms with van der Waals surface area (Å²) in [4.78, 5) is 14.1. The van der Waals surface area contributed by atoms with Gasteiger partial charge in [-0.05, 0) is 98.0 Å². The number of anilines is 4. The Hall–Kier alpha value is -4.30. The SMILES string of the molecule is CN(C1CCC(NCC2=CC3=CNON3C=C2)CC1)S(=O)(=O)c1ccc(Nc2nccc(Nc3ccc(F)cc3)n2)cc1. The number of sulfonamides is 1. The molecule has 3 aromatic rings. The van der Waals surface area contributed by atoms with Crippen molar-refractivity contribution in [3.8, 4) is 0 Å². The van der Waals surface area contributed by atoms with Crippen LogP contribution in [0.25, 0.3) is 0 Å². The zero-order valence-electron chi connectivity index (χ0n) is 23.6. The largest absolute Gasteiger partial charge is 0.340 e. The first kappa shape index (κ1) is 28.8. The quantitative estimate of drug-likeness (QED) is 0.260. The van der Waals surface area contributed by atoms with E-state index < -0.39 is 10.0 Å². The van der Waals surface area contributed by atoms with Crippen LogP contribution in [0.2, 0.25) is 0 Å². The molecule has 0 unspecified atom stereocenters. The number of hydrogen-bond donors (Lipinski definition) is 4. The van der Waals surface area contributed by atoms with Crippen LogP contribution in [0.1, 0.15) is 25.7 Å². The molecule has 3 aliphatic rings. The Balaban J connectivity index is 1.01. The molecular formula is C30H33FN8O3S. The molecule has 2 aromatic carbocycles. The molecule has 4 N–H and O–H groups in total. The topological polar surface area (TPSA) is 124 Å². The van der Waals surface area contributed by atoms with Gasteiger partial charge in [-0.1, -0.05) is 0 Å². The van der Waals surface area contributed by atoms with Gasteiger partial charge in [-0.3, -0.25) is 0 Å². The van der Waals surface area contributed by atoms with Crippen LogP contribution in [-0.4, -0.2) is 53.4 Å². The first-order valence-corrected chi connectivity index (χ1v) is 15.5. The maximum absolute atomic E-state index is 13.4. The number of hydroxylamine groups is 3. The van der Waals surface area contributed by atoms with Gasteiger partial charge in [0.15, 0.2) is 0 Å². The van der Waals surface area contributed by atoms with E-state index in [4.69, 9.17) is 4.94 Å². The van der Waals surface area contributed by atoms with Crippen molar-refractivity contribution in [2.24, 2.45) is 0 Å². The zero-order valence-corrected chi connectivity index (χ0v) is 24.4. The highest BCUT2D eigenvalue weighted by Gasteiger charge is 2.31. The number of nitrogens with zero attached hydrogens (tertiary/aromatic N) is 4. The van der Waals surface area contributed by atoms with Gasteiger partial charge in [-0.2, -0.15) is 14.2 Å². The fraction of sp³-hybridized carbons (Fsp3) is 0.267. The number of nitrogens with one attached hydrogen (secondary N) is 4. The van der Waals surface area contributed by atoms with E-state index in [0.717, 1.165) is 43.5 Å². The van der Waals surface area contributed by atoms with Crippen LogP contribution in [0.3, 0.4) is 0 Å². The molecule has 1 aromatic heterocycles. The van der Waals surface area contributed by atoms with Gasteiger partial charge in [0, 0.05) is 49.4 Å². The van der Waals surface area contributed by atoms with Crippen LogP contribution in [0.4, 0.5) is 27.5 Å². The molecule has 0 radical (unpaired) electrons. The molecule has 0 saturated heterocycles. The maximum atomic E-state index is 13.4. The number of fused-ring (bicyclic) bond motifs is 1. The van der Waals surface area contributed by atoms with Crippen molar-refractivity contribution in [1.82, 2.24) is 30.1 Å². The number of hydrogen-bond acceptors (Lipinski definition) is 10. The van der Waals surface area contributed by atoms with Gasteiger partial charge in [0.2, 0.25) is 16.0 Å². The van der Waals surface area contributed by atoms with Crippen molar-refractivity contribution >= 4 is 33.2 Å². The van der Waals surface area contributed by atoms with E-state index >= 15 is 0 Å². The summed E-state index contributed by atoms with van der Waals surface area (Å²) in [6.07, 6.45) is 12.7. The second-order valence-corrected chi connectivity index (χ2v) is 12.6. The van der Waals surface area contributed by atoms with Crippen LogP contribution in [0.5, 0.6) is 0 Å². The molecule has 0 bridgehead atoms. The molecule has 1 aliphatic carbocycles. The van der Waals surface area contributed by atoms with Crippen molar-refractivity contribution in [3.63, 3.8) is 0 Å². The lowest BCUT2D eigenvalue weighted by molar-refractivity contribution is -0.112. The molecule has 3 heterocycles. The standard InChI is InChI=1S/C30H33FN8O3S/c1-38(26-10-6-23(7-11-26)33-19-21-15-17-39-27(18-21)20-34-42-39)43(40,41)28-12-8-25(9-13-28)36-30-32-16-14-29(37-30)35-24-4-2-22(31)3-5-24/h2-5,8-9,12-18,20,23,26,33-34H,6-7,10-11,19H2,1H3,(H2,32,35,36,37). The third kappa shape index (κ3) is 6.86. The molecule has 43 heavy (non-hydrogen) atoms. The molecule has 13 heteroatoms. The minimum absolute atomic E-state index is 0.0557. The van der Waals surface area contributed by atoms with Gasteiger partial charge in [-0.25, -0.2) is 28.3 Å². The lowest BCUT2D eigenvalue weighted by Crippen LogP contribution is -2.43. The highest BCUT2D eigenvalue weighted by molar-refractivity contribution is 7.89. The Labute approximate surface area is 250 Å². The molecule has 1 fully saturated rings. The first-order chi connectivity index (χ1) is 20.8. The fourth-order valence-corrected chi connectivity index (χ4v) is 6.69. The molecule has 11 nitrogen and oxygen atoms in total.